The van der Waals surface area contributed by atoms with Gasteiger partial charge < -0.3 is 5.73 Å². The highest BCUT2D eigenvalue weighted by atomic mass is 35.5. The van der Waals surface area contributed by atoms with E-state index in [1.54, 1.807) is 0 Å². The summed E-state index contributed by atoms with van der Waals surface area (Å²) in [5.41, 5.74) is 10.3. The van der Waals surface area contributed by atoms with Gasteiger partial charge in [-0.25, -0.2) is 0 Å². The predicted molar refractivity (Wildman–Crippen MR) is 58.3 cm³/mol. The zero-order valence-corrected chi connectivity index (χ0v) is 8.73. The molecule has 1 nitrogen and oxygen atoms in total. The summed E-state index contributed by atoms with van der Waals surface area (Å²) in [7, 11) is 0. The molecule has 1 atom stereocenters. The van der Waals surface area contributed by atoms with Crippen LogP contribution >= 0.6 is 12.4 Å². The molecule has 1 unspecified atom stereocenters. The molecule has 2 N–H and O–H groups in total. The lowest BCUT2D eigenvalue weighted by Crippen LogP contribution is -2.18. The van der Waals surface area contributed by atoms with Crippen LogP contribution in [0.1, 0.15) is 35.6 Å². The first kappa shape index (κ1) is 10.6. The van der Waals surface area contributed by atoms with Crippen LogP contribution in [0.15, 0.2) is 18.2 Å². The normalized spacial score (nSPS) is 20.3. The molecule has 72 valence electrons. The van der Waals surface area contributed by atoms with Crippen molar-refractivity contribution in [3.63, 3.8) is 0 Å². The highest BCUT2D eigenvalue weighted by molar-refractivity contribution is 5.85. The molecule has 0 amide bonds. The Hall–Kier alpha value is -0.530. The van der Waals surface area contributed by atoms with Gasteiger partial charge in [-0.3, -0.25) is 0 Å². The fourth-order valence-corrected chi connectivity index (χ4v) is 2.15. The van der Waals surface area contributed by atoms with Gasteiger partial charge in [0.05, 0.1) is 0 Å². The summed E-state index contributed by atoms with van der Waals surface area (Å²) in [5, 5.41) is 0. The van der Waals surface area contributed by atoms with E-state index in [4.69, 9.17) is 5.73 Å². The fraction of sp³-hybridized carbons (Fsp3) is 0.455. The minimum absolute atomic E-state index is 0. The summed E-state index contributed by atoms with van der Waals surface area (Å²) in [6.07, 6.45) is 3.61. The van der Waals surface area contributed by atoms with E-state index in [0.29, 0.717) is 0 Å². The van der Waals surface area contributed by atoms with Gasteiger partial charge in [-0.15, -0.1) is 12.4 Å². The van der Waals surface area contributed by atoms with Crippen molar-refractivity contribution in [1.29, 1.82) is 0 Å². The van der Waals surface area contributed by atoms with Crippen molar-refractivity contribution < 1.29 is 0 Å². The highest BCUT2D eigenvalue weighted by Crippen LogP contribution is 2.29. The number of hydrogen-bond acceptors (Lipinski definition) is 1. The lowest BCUT2D eigenvalue weighted by Gasteiger charge is -2.23. The summed E-state index contributed by atoms with van der Waals surface area (Å²) in [5.74, 6) is 0. The molecule has 0 spiro atoms. The monoisotopic (exact) mass is 197 g/mol. The van der Waals surface area contributed by atoms with Gasteiger partial charge in [0.15, 0.2) is 0 Å². The number of halogens is 1. The SMILES string of the molecule is Cc1cccc2c1C(N)CCC2.Cl. The van der Waals surface area contributed by atoms with E-state index in [1.807, 2.05) is 0 Å². The Bertz CT molecular complexity index is 296. The molecule has 0 heterocycles. The zero-order valence-electron chi connectivity index (χ0n) is 7.92. The zero-order chi connectivity index (χ0) is 8.55. The Morgan fingerprint density at radius 2 is 2.15 bits per heavy atom. The van der Waals surface area contributed by atoms with Gasteiger partial charge in [-0.1, -0.05) is 18.2 Å². The first-order valence-corrected chi connectivity index (χ1v) is 4.63. The number of nitrogens with two attached hydrogens (primary N) is 1. The molecule has 0 bridgehead atoms. The first-order chi connectivity index (χ1) is 5.79. The Labute approximate surface area is 85.7 Å². The number of hydrogen-bond donors (Lipinski definition) is 1. The van der Waals surface area contributed by atoms with Crippen LogP contribution < -0.4 is 5.73 Å². The van der Waals surface area contributed by atoms with Gasteiger partial charge in [0.2, 0.25) is 0 Å². The Kier molecular flexibility index (Phi) is 3.34. The van der Waals surface area contributed by atoms with E-state index in [2.05, 4.69) is 25.1 Å². The quantitative estimate of drug-likeness (QED) is 0.680. The van der Waals surface area contributed by atoms with E-state index in [0.717, 1.165) is 6.42 Å². The van der Waals surface area contributed by atoms with Crippen LogP contribution in [0.4, 0.5) is 0 Å². The van der Waals surface area contributed by atoms with Crippen molar-refractivity contribution in [1.82, 2.24) is 0 Å². The molecular formula is C11H16ClN. The maximum Gasteiger partial charge on any atom is 0.0300 e. The fourth-order valence-electron chi connectivity index (χ4n) is 2.15. The predicted octanol–water partition coefficient (Wildman–Crippen LogP) is 2.75. The largest absolute Gasteiger partial charge is 0.324 e. The summed E-state index contributed by atoms with van der Waals surface area (Å²) in [6, 6.07) is 6.78. The van der Waals surface area contributed by atoms with E-state index in [9.17, 15) is 0 Å². The van der Waals surface area contributed by atoms with E-state index >= 15 is 0 Å². The van der Waals surface area contributed by atoms with Crippen LogP contribution in [-0.2, 0) is 6.42 Å². The van der Waals surface area contributed by atoms with E-state index in [-0.39, 0.29) is 18.4 Å². The molecule has 0 saturated heterocycles. The molecule has 2 heteroatoms. The molecule has 0 aromatic heterocycles. The third-order valence-electron chi connectivity index (χ3n) is 2.75. The highest BCUT2D eigenvalue weighted by Gasteiger charge is 2.17. The summed E-state index contributed by atoms with van der Waals surface area (Å²) >= 11 is 0. The van der Waals surface area contributed by atoms with Gasteiger partial charge in [0.1, 0.15) is 0 Å². The minimum atomic E-state index is 0. The van der Waals surface area contributed by atoms with Gasteiger partial charge in [0.25, 0.3) is 0 Å². The molecule has 1 aliphatic rings. The van der Waals surface area contributed by atoms with E-state index < -0.39 is 0 Å². The second kappa shape index (κ2) is 4.12. The van der Waals surface area contributed by atoms with Crippen molar-refractivity contribution in [2.24, 2.45) is 5.73 Å². The van der Waals surface area contributed by atoms with Crippen molar-refractivity contribution in [3.05, 3.63) is 34.9 Å². The smallest absolute Gasteiger partial charge is 0.0300 e. The maximum atomic E-state index is 6.05. The van der Waals surface area contributed by atoms with Crippen LogP contribution in [0.2, 0.25) is 0 Å². The van der Waals surface area contributed by atoms with Gasteiger partial charge >= 0.3 is 0 Å². The van der Waals surface area contributed by atoms with Gasteiger partial charge in [-0.05, 0) is 42.9 Å². The second-order valence-corrected chi connectivity index (χ2v) is 3.65. The molecule has 1 aromatic rings. The summed E-state index contributed by atoms with van der Waals surface area (Å²) < 4.78 is 0. The Morgan fingerprint density at radius 1 is 1.38 bits per heavy atom. The Balaban J connectivity index is 0.000000845. The van der Waals surface area contributed by atoms with Crippen molar-refractivity contribution in [2.75, 3.05) is 0 Å². The van der Waals surface area contributed by atoms with Crippen LogP contribution in [-0.4, -0.2) is 0 Å². The molecule has 0 radical (unpaired) electrons. The van der Waals surface area contributed by atoms with Crippen molar-refractivity contribution in [3.8, 4) is 0 Å². The third kappa shape index (κ3) is 1.87. The minimum Gasteiger partial charge on any atom is -0.324 e. The molecule has 13 heavy (non-hydrogen) atoms. The molecule has 2 rings (SSSR count). The second-order valence-electron chi connectivity index (χ2n) is 3.65. The summed E-state index contributed by atoms with van der Waals surface area (Å²) in [4.78, 5) is 0. The number of benzene rings is 1. The molecule has 1 aromatic carbocycles. The molecule has 1 aliphatic carbocycles. The van der Waals surface area contributed by atoms with Crippen LogP contribution in [0.25, 0.3) is 0 Å². The lowest BCUT2D eigenvalue weighted by molar-refractivity contribution is 0.567. The molecule has 0 aliphatic heterocycles. The average molecular weight is 198 g/mol. The standard InChI is InChI=1S/C11H15N.ClH/c1-8-4-2-5-9-6-3-7-10(12)11(8)9;/h2,4-5,10H,3,6-7,12H2,1H3;1H. The van der Waals surface area contributed by atoms with Gasteiger partial charge in [0, 0.05) is 6.04 Å². The Morgan fingerprint density at radius 3 is 2.85 bits per heavy atom. The molecule has 0 saturated carbocycles. The first-order valence-electron chi connectivity index (χ1n) is 4.63. The molecular weight excluding hydrogens is 182 g/mol. The van der Waals surface area contributed by atoms with E-state index in [1.165, 1.54) is 29.5 Å². The topological polar surface area (TPSA) is 26.0 Å². The lowest BCUT2D eigenvalue weighted by atomic mass is 9.85. The summed E-state index contributed by atoms with van der Waals surface area (Å²) in [6.45, 7) is 2.16. The van der Waals surface area contributed by atoms with Gasteiger partial charge in [-0.2, -0.15) is 0 Å². The van der Waals surface area contributed by atoms with Crippen LogP contribution in [0.5, 0.6) is 0 Å². The van der Waals surface area contributed by atoms with Crippen molar-refractivity contribution >= 4 is 12.4 Å². The van der Waals surface area contributed by atoms with Crippen LogP contribution in [0.3, 0.4) is 0 Å². The van der Waals surface area contributed by atoms with Crippen LogP contribution in [0, 0.1) is 6.92 Å². The number of aryl methyl sites for hydroxylation is 2. The number of rotatable bonds is 0. The average Bonchev–Trinajstić information content (AvgIpc) is 2.04. The van der Waals surface area contributed by atoms with Crippen molar-refractivity contribution in [2.45, 2.75) is 32.2 Å². The third-order valence-corrected chi connectivity index (χ3v) is 2.75. The number of fused-ring (bicyclic) bond motifs is 1. The maximum absolute atomic E-state index is 6.05. The molecule has 0 fully saturated rings.